The summed E-state index contributed by atoms with van der Waals surface area (Å²) >= 11 is 0. The molecule has 3 rings (SSSR count). The zero-order valence-corrected chi connectivity index (χ0v) is 12.4. The maximum atomic E-state index is 13.6. The molecule has 4 heteroatoms. The van der Waals surface area contributed by atoms with Crippen molar-refractivity contribution in [2.24, 2.45) is 5.92 Å². The molecule has 1 N–H and O–H groups in total. The summed E-state index contributed by atoms with van der Waals surface area (Å²) in [5.74, 6) is 0.536. The molecule has 21 heavy (non-hydrogen) atoms. The Bertz CT molecular complexity index is 520. The molecule has 2 heterocycles. The van der Waals surface area contributed by atoms with E-state index in [1.807, 2.05) is 0 Å². The van der Waals surface area contributed by atoms with Gasteiger partial charge in [-0.3, -0.25) is 4.79 Å². The second-order valence-electron chi connectivity index (χ2n) is 6.36. The topological polar surface area (TPSA) is 38.3 Å². The predicted octanol–water partition coefficient (Wildman–Crippen LogP) is 2.87. The van der Waals surface area contributed by atoms with Gasteiger partial charge in [0.25, 0.3) is 0 Å². The highest BCUT2D eigenvalue weighted by Gasteiger charge is 2.34. The van der Waals surface area contributed by atoms with Crippen LogP contribution in [0.5, 0.6) is 5.75 Å². The van der Waals surface area contributed by atoms with Gasteiger partial charge >= 0.3 is 0 Å². The molecular weight excluding hydrogens is 269 g/mol. The van der Waals surface area contributed by atoms with Gasteiger partial charge in [0, 0.05) is 24.9 Å². The van der Waals surface area contributed by atoms with Crippen molar-refractivity contribution >= 4 is 5.78 Å². The van der Waals surface area contributed by atoms with E-state index in [2.05, 4.69) is 5.32 Å². The molecule has 0 amide bonds. The SMILES string of the molecule is COc1ccc(CC(=O)CC2CC3CCC(C2)N3)cc1F. The minimum atomic E-state index is -0.400. The Labute approximate surface area is 124 Å². The van der Waals surface area contributed by atoms with Gasteiger partial charge in [0.1, 0.15) is 5.78 Å². The first-order chi connectivity index (χ1) is 10.1. The zero-order chi connectivity index (χ0) is 14.8. The Morgan fingerprint density at radius 2 is 2.05 bits per heavy atom. The third-order valence-electron chi connectivity index (χ3n) is 4.70. The number of methoxy groups -OCH3 is 1. The van der Waals surface area contributed by atoms with E-state index in [1.165, 1.54) is 26.0 Å². The molecule has 0 radical (unpaired) electrons. The van der Waals surface area contributed by atoms with Crippen molar-refractivity contribution in [2.75, 3.05) is 7.11 Å². The number of hydrogen-bond acceptors (Lipinski definition) is 3. The highest BCUT2D eigenvalue weighted by atomic mass is 19.1. The van der Waals surface area contributed by atoms with Crippen LogP contribution in [-0.4, -0.2) is 25.0 Å². The van der Waals surface area contributed by atoms with E-state index in [0.717, 1.165) is 18.4 Å². The minimum absolute atomic E-state index is 0.214. The van der Waals surface area contributed by atoms with E-state index < -0.39 is 5.82 Å². The van der Waals surface area contributed by atoms with E-state index in [0.29, 0.717) is 30.8 Å². The normalized spacial score (nSPS) is 27.6. The van der Waals surface area contributed by atoms with Crippen LogP contribution in [0.3, 0.4) is 0 Å². The van der Waals surface area contributed by atoms with Crippen LogP contribution in [-0.2, 0) is 11.2 Å². The molecule has 2 atom stereocenters. The molecule has 114 valence electrons. The average molecular weight is 291 g/mol. The highest BCUT2D eigenvalue weighted by Crippen LogP contribution is 2.33. The van der Waals surface area contributed by atoms with Crippen molar-refractivity contribution < 1.29 is 13.9 Å². The molecule has 2 unspecified atom stereocenters. The van der Waals surface area contributed by atoms with Gasteiger partial charge in [0.2, 0.25) is 0 Å². The van der Waals surface area contributed by atoms with Crippen LogP contribution in [0.4, 0.5) is 4.39 Å². The van der Waals surface area contributed by atoms with Gasteiger partial charge in [-0.2, -0.15) is 0 Å². The summed E-state index contributed by atoms with van der Waals surface area (Å²) in [5, 5.41) is 3.59. The summed E-state index contributed by atoms with van der Waals surface area (Å²) in [6, 6.07) is 5.98. The van der Waals surface area contributed by atoms with Crippen LogP contribution < -0.4 is 10.1 Å². The predicted molar refractivity (Wildman–Crippen MR) is 78.9 cm³/mol. The van der Waals surface area contributed by atoms with E-state index in [9.17, 15) is 9.18 Å². The van der Waals surface area contributed by atoms with Crippen molar-refractivity contribution in [1.82, 2.24) is 5.32 Å². The second-order valence-corrected chi connectivity index (χ2v) is 6.36. The number of ether oxygens (including phenoxy) is 1. The Morgan fingerprint density at radius 3 is 2.67 bits per heavy atom. The van der Waals surface area contributed by atoms with Crippen LogP contribution in [0.15, 0.2) is 18.2 Å². The average Bonchev–Trinajstić information content (AvgIpc) is 2.78. The van der Waals surface area contributed by atoms with Gasteiger partial charge in [-0.1, -0.05) is 6.07 Å². The van der Waals surface area contributed by atoms with Crippen molar-refractivity contribution in [3.05, 3.63) is 29.6 Å². The molecule has 2 saturated heterocycles. The molecule has 1 aromatic rings. The van der Waals surface area contributed by atoms with Crippen molar-refractivity contribution in [3.63, 3.8) is 0 Å². The molecule has 0 aromatic heterocycles. The summed E-state index contributed by atoms with van der Waals surface area (Å²) in [7, 11) is 1.44. The number of fused-ring (bicyclic) bond motifs is 2. The number of benzene rings is 1. The van der Waals surface area contributed by atoms with Gasteiger partial charge in [-0.05, 0) is 49.3 Å². The zero-order valence-electron chi connectivity index (χ0n) is 12.4. The number of piperidine rings is 1. The van der Waals surface area contributed by atoms with E-state index in [1.54, 1.807) is 12.1 Å². The first-order valence-electron chi connectivity index (χ1n) is 7.74. The maximum Gasteiger partial charge on any atom is 0.165 e. The van der Waals surface area contributed by atoms with Gasteiger partial charge < -0.3 is 10.1 Å². The number of halogens is 1. The number of nitrogens with one attached hydrogen (secondary N) is 1. The number of ketones is 1. The van der Waals surface area contributed by atoms with Crippen LogP contribution in [0.25, 0.3) is 0 Å². The maximum absolute atomic E-state index is 13.6. The van der Waals surface area contributed by atoms with Crippen LogP contribution in [0.1, 0.15) is 37.7 Å². The number of carbonyl (C=O) groups is 1. The van der Waals surface area contributed by atoms with E-state index >= 15 is 0 Å². The Hall–Kier alpha value is -1.42. The number of carbonyl (C=O) groups excluding carboxylic acids is 1. The quantitative estimate of drug-likeness (QED) is 0.906. The van der Waals surface area contributed by atoms with Crippen molar-refractivity contribution in [1.29, 1.82) is 0 Å². The van der Waals surface area contributed by atoms with Gasteiger partial charge in [0.15, 0.2) is 11.6 Å². The molecule has 3 nitrogen and oxygen atoms in total. The molecule has 0 spiro atoms. The van der Waals surface area contributed by atoms with Crippen molar-refractivity contribution in [3.8, 4) is 5.75 Å². The largest absolute Gasteiger partial charge is 0.494 e. The highest BCUT2D eigenvalue weighted by molar-refractivity contribution is 5.81. The fourth-order valence-corrected chi connectivity index (χ4v) is 3.78. The summed E-state index contributed by atoms with van der Waals surface area (Å²) in [6.45, 7) is 0. The number of rotatable bonds is 5. The fraction of sp³-hybridized carbons (Fsp3) is 0.588. The first kappa shape index (κ1) is 14.5. The van der Waals surface area contributed by atoms with Crippen LogP contribution in [0.2, 0.25) is 0 Å². The lowest BCUT2D eigenvalue weighted by atomic mass is 9.87. The first-order valence-corrected chi connectivity index (χ1v) is 7.74. The Morgan fingerprint density at radius 1 is 1.33 bits per heavy atom. The summed E-state index contributed by atoms with van der Waals surface area (Å²) in [4.78, 5) is 12.2. The lowest BCUT2D eigenvalue weighted by molar-refractivity contribution is -0.119. The molecule has 2 fully saturated rings. The molecule has 1 aromatic carbocycles. The van der Waals surface area contributed by atoms with Crippen LogP contribution in [0, 0.1) is 11.7 Å². The minimum Gasteiger partial charge on any atom is -0.494 e. The molecule has 2 bridgehead atoms. The van der Waals surface area contributed by atoms with E-state index in [4.69, 9.17) is 4.74 Å². The van der Waals surface area contributed by atoms with Gasteiger partial charge in [-0.15, -0.1) is 0 Å². The number of hydrogen-bond donors (Lipinski definition) is 1. The molecular formula is C17H22FNO2. The molecule has 2 aliphatic heterocycles. The molecule has 0 saturated carbocycles. The smallest absolute Gasteiger partial charge is 0.165 e. The Balaban J connectivity index is 1.55. The third-order valence-corrected chi connectivity index (χ3v) is 4.70. The summed E-state index contributed by atoms with van der Waals surface area (Å²) < 4.78 is 18.5. The Kier molecular flexibility index (Phi) is 4.24. The number of Topliss-reactive ketones (excluding diaryl/α,β-unsaturated/α-hetero) is 1. The lowest BCUT2D eigenvalue weighted by Gasteiger charge is -2.28. The summed E-state index contributed by atoms with van der Waals surface area (Å²) in [6.07, 6.45) is 5.67. The van der Waals surface area contributed by atoms with Gasteiger partial charge in [0.05, 0.1) is 7.11 Å². The van der Waals surface area contributed by atoms with Crippen molar-refractivity contribution in [2.45, 2.75) is 50.6 Å². The molecule has 0 aliphatic carbocycles. The second kappa shape index (κ2) is 6.14. The molecule has 2 aliphatic rings. The van der Waals surface area contributed by atoms with Crippen LogP contribution >= 0.6 is 0 Å². The third kappa shape index (κ3) is 3.43. The lowest BCUT2D eigenvalue weighted by Crippen LogP contribution is -2.38. The monoisotopic (exact) mass is 291 g/mol. The van der Waals surface area contributed by atoms with Gasteiger partial charge in [-0.25, -0.2) is 4.39 Å². The summed E-state index contributed by atoms with van der Waals surface area (Å²) in [5.41, 5.74) is 0.732. The standard InChI is InChI=1S/C17H22FNO2/c1-21-17-5-2-11(10-16(17)18)8-15(20)9-12-6-13-3-4-14(7-12)19-13/h2,5,10,12-14,19H,3-4,6-9H2,1H3. The van der Waals surface area contributed by atoms with E-state index in [-0.39, 0.29) is 11.5 Å². The fourth-order valence-electron chi connectivity index (χ4n) is 3.78.